The zero-order valence-corrected chi connectivity index (χ0v) is 10.5. The molecule has 0 amide bonds. The van der Waals surface area contributed by atoms with Crippen molar-refractivity contribution in [1.29, 1.82) is 0 Å². The number of hydrogen-bond acceptors (Lipinski definition) is 5. The fraction of sp³-hybridized carbons (Fsp3) is 0.545. The molecular weight excluding hydrogens is 222 g/mol. The van der Waals surface area contributed by atoms with E-state index in [1.165, 1.54) is 0 Å². The smallest absolute Gasteiger partial charge is 0.269 e. The number of aromatic nitrogens is 3. The van der Waals surface area contributed by atoms with Crippen LogP contribution in [-0.2, 0) is 12.8 Å². The molecule has 2 rings (SSSR count). The Morgan fingerprint density at radius 2 is 2.25 bits per heavy atom. The first kappa shape index (κ1) is 11.3. The largest absolute Gasteiger partial charge is 0.333 e. The maximum Gasteiger partial charge on any atom is 0.269 e. The van der Waals surface area contributed by atoms with Crippen molar-refractivity contribution < 1.29 is 4.52 Å². The first-order chi connectivity index (χ1) is 7.70. The summed E-state index contributed by atoms with van der Waals surface area (Å²) >= 11 is 1.55. The van der Waals surface area contributed by atoms with E-state index in [1.807, 2.05) is 5.51 Å². The molecule has 0 radical (unpaired) electrons. The van der Waals surface area contributed by atoms with E-state index in [1.54, 1.807) is 11.3 Å². The van der Waals surface area contributed by atoms with E-state index in [0.717, 1.165) is 29.2 Å². The van der Waals surface area contributed by atoms with Crippen LogP contribution in [0.1, 0.15) is 32.3 Å². The van der Waals surface area contributed by atoms with Gasteiger partial charge in [-0.25, -0.2) is 4.98 Å². The second-order valence-corrected chi connectivity index (χ2v) is 4.95. The Balaban J connectivity index is 2.24. The minimum atomic E-state index is 0.539. The number of hydrogen-bond donors (Lipinski definition) is 0. The summed E-state index contributed by atoms with van der Waals surface area (Å²) in [6.45, 7) is 6.35. The molecule has 16 heavy (non-hydrogen) atoms. The van der Waals surface area contributed by atoms with E-state index in [2.05, 4.69) is 35.9 Å². The lowest BCUT2D eigenvalue weighted by molar-refractivity contribution is 0.418. The van der Waals surface area contributed by atoms with Crippen molar-refractivity contribution in [3.63, 3.8) is 0 Å². The van der Waals surface area contributed by atoms with Gasteiger partial charge in [0.05, 0.1) is 11.2 Å². The molecule has 0 aliphatic carbocycles. The summed E-state index contributed by atoms with van der Waals surface area (Å²) in [7, 11) is 0. The van der Waals surface area contributed by atoms with Crippen LogP contribution >= 0.6 is 11.3 Å². The summed E-state index contributed by atoms with van der Waals surface area (Å²) in [5.74, 6) is 1.92. The molecule has 4 nitrogen and oxygen atoms in total. The minimum absolute atomic E-state index is 0.539. The highest BCUT2D eigenvalue weighted by atomic mass is 32.1. The molecule has 0 saturated heterocycles. The quantitative estimate of drug-likeness (QED) is 0.820. The van der Waals surface area contributed by atoms with Gasteiger partial charge in [-0.3, -0.25) is 0 Å². The minimum Gasteiger partial charge on any atom is -0.333 e. The Morgan fingerprint density at radius 3 is 2.94 bits per heavy atom. The standard InChI is InChI=1S/C11H15N3OS/c1-4-8-10(16-6-12-8)11-13-9(14-15-11)5-7(2)3/h6-7H,4-5H2,1-3H3. The maximum atomic E-state index is 5.26. The molecule has 0 N–H and O–H groups in total. The number of nitrogens with zero attached hydrogens (tertiary/aromatic N) is 3. The SMILES string of the molecule is CCc1ncsc1-c1nc(CC(C)C)no1. The first-order valence-corrected chi connectivity index (χ1v) is 6.34. The van der Waals surface area contributed by atoms with Gasteiger partial charge in [-0.2, -0.15) is 4.98 Å². The zero-order valence-electron chi connectivity index (χ0n) is 9.73. The van der Waals surface area contributed by atoms with Gasteiger partial charge in [-0.1, -0.05) is 25.9 Å². The molecule has 0 fully saturated rings. The van der Waals surface area contributed by atoms with Crippen LogP contribution in [0.25, 0.3) is 10.8 Å². The summed E-state index contributed by atoms with van der Waals surface area (Å²) in [6, 6.07) is 0. The van der Waals surface area contributed by atoms with Gasteiger partial charge < -0.3 is 4.52 Å². The normalized spacial score (nSPS) is 11.2. The van der Waals surface area contributed by atoms with Crippen molar-refractivity contribution in [3.05, 3.63) is 17.0 Å². The fourth-order valence-corrected chi connectivity index (χ4v) is 2.29. The summed E-state index contributed by atoms with van der Waals surface area (Å²) in [5.41, 5.74) is 2.85. The van der Waals surface area contributed by atoms with Crippen molar-refractivity contribution in [1.82, 2.24) is 15.1 Å². The molecule has 2 heterocycles. The highest BCUT2D eigenvalue weighted by molar-refractivity contribution is 7.13. The molecule has 86 valence electrons. The van der Waals surface area contributed by atoms with Gasteiger partial charge in [0, 0.05) is 6.42 Å². The third-order valence-electron chi connectivity index (χ3n) is 2.23. The van der Waals surface area contributed by atoms with Crippen LogP contribution in [0.3, 0.4) is 0 Å². The third kappa shape index (κ3) is 2.29. The Hall–Kier alpha value is -1.23. The van der Waals surface area contributed by atoms with Gasteiger partial charge in [0.15, 0.2) is 5.82 Å². The van der Waals surface area contributed by atoms with Crippen molar-refractivity contribution in [3.8, 4) is 10.8 Å². The summed E-state index contributed by atoms with van der Waals surface area (Å²) in [5, 5.41) is 3.98. The molecule has 2 aromatic heterocycles. The molecule has 0 spiro atoms. The molecule has 0 aromatic carbocycles. The molecule has 0 atom stereocenters. The van der Waals surface area contributed by atoms with E-state index < -0.39 is 0 Å². The maximum absolute atomic E-state index is 5.26. The number of aryl methyl sites for hydroxylation is 1. The van der Waals surface area contributed by atoms with Gasteiger partial charge in [-0.15, -0.1) is 11.3 Å². The van der Waals surface area contributed by atoms with Gasteiger partial charge >= 0.3 is 0 Å². The second-order valence-electron chi connectivity index (χ2n) is 4.10. The summed E-state index contributed by atoms with van der Waals surface area (Å²) < 4.78 is 5.26. The van der Waals surface area contributed by atoms with Crippen molar-refractivity contribution in [2.75, 3.05) is 0 Å². The molecule has 0 unspecified atom stereocenters. The molecule has 5 heteroatoms. The molecule has 2 aromatic rings. The predicted molar refractivity (Wildman–Crippen MR) is 63.3 cm³/mol. The van der Waals surface area contributed by atoms with E-state index in [0.29, 0.717) is 11.8 Å². The van der Waals surface area contributed by atoms with Crippen molar-refractivity contribution in [2.24, 2.45) is 5.92 Å². The number of rotatable bonds is 4. The molecule has 0 aliphatic rings. The molecule has 0 bridgehead atoms. The predicted octanol–water partition coefficient (Wildman–Crippen LogP) is 2.95. The third-order valence-corrected chi connectivity index (χ3v) is 3.09. The number of thiazole rings is 1. The van der Waals surface area contributed by atoms with Crippen LogP contribution in [0, 0.1) is 5.92 Å². The molecule has 0 aliphatic heterocycles. The van der Waals surface area contributed by atoms with Crippen LogP contribution < -0.4 is 0 Å². The van der Waals surface area contributed by atoms with Crippen molar-refractivity contribution in [2.45, 2.75) is 33.6 Å². The van der Waals surface area contributed by atoms with E-state index in [-0.39, 0.29) is 0 Å². The summed E-state index contributed by atoms with van der Waals surface area (Å²) in [4.78, 5) is 9.67. The van der Waals surface area contributed by atoms with Crippen LogP contribution in [0.15, 0.2) is 10.0 Å². The topological polar surface area (TPSA) is 51.8 Å². The van der Waals surface area contributed by atoms with Crippen molar-refractivity contribution >= 4 is 11.3 Å². The van der Waals surface area contributed by atoms with Gasteiger partial charge in [0.25, 0.3) is 5.89 Å². The Labute approximate surface area is 98.7 Å². The lowest BCUT2D eigenvalue weighted by Crippen LogP contribution is -1.95. The molecular formula is C11H15N3OS. The lowest BCUT2D eigenvalue weighted by Gasteiger charge is -1.96. The van der Waals surface area contributed by atoms with Crippen LogP contribution in [0.5, 0.6) is 0 Å². The Morgan fingerprint density at radius 1 is 1.44 bits per heavy atom. The average Bonchev–Trinajstić information content (AvgIpc) is 2.83. The van der Waals surface area contributed by atoms with Crippen LogP contribution in [0.2, 0.25) is 0 Å². The van der Waals surface area contributed by atoms with E-state index in [9.17, 15) is 0 Å². The van der Waals surface area contributed by atoms with E-state index in [4.69, 9.17) is 4.52 Å². The highest BCUT2D eigenvalue weighted by Gasteiger charge is 2.15. The van der Waals surface area contributed by atoms with Gasteiger partial charge in [0.1, 0.15) is 4.88 Å². The summed E-state index contributed by atoms with van der Waals surface area (Å²) in [6.07, 6.45) is 1.74. The monoisotopic (exact) mass is 237 g/mol. The van der Waals surface area contributed by atoms with Crippen LogP contribution in [0.4, 0.5) is 0 Å². The van der Waals surface area contributed by atoms with Gasteiger partial charge in [-0.05, 0) is 12.3 Å². The molecule has 0 saturated carbocycles. The average molecular weight is 237 g/mol. The van der Waals surface area contributed by atoms with E-state index >= 15 is 0 Å². The second kappa shape index (κ2) is 4.74. The lowest BCUT2D eigenvalue weighted by atomic mass is 10.1. The Kier molecular flexibility index (Phi) is 3.33. The first-order valence-electron chi connectivity index (χ1n) is 5.46. The highest BCUT2D eigenvalue weighted by Crippen LogP contribution is 2.26. The van der Waals surface area contributed by atoms with Crippen LogP contribution in [-0.4, -0.2) is 15.1 Å². The van der Waals surface area contributed by atoms with Gasteiger partial charge in [0.2, 0.25) is 0 Å². The fourth-order valence-electron chi connectivity index (χ4n) is 1.49. The zero-order chi connectivity index (χ0) is 11.5. The Bertz CT molecular complexity index is 461.